The van der Waals surface area contributed by atoms with Crippen LogP contribution in [0.4, 0.5) is 0 Å². The van der Waals surface area contributed by atoms with Crippen molar-refractivity contribution in [3.05, 3.63) is 29.3 Å². The number of nitrogens with zero attached hydrogens (tertiary/aromatic N) is 1. The zero-order valence-electron chi connectivity index (χ0n) is 12.2. The number of amides is 1. The van der Waals surface area contributed by atoms with Crippen molar-refractivity contribution in [1.29, 1.82) is 0 Å². The lowest BCUT2D eigenvalue weighted by atomic mass is 9.96. The quantitative estimate of drug-likeness (QED) is 0.893. The van der Waals surface area contributed by atoms with E-state index in [2.05, 4.69) is 0 Å². The molecule has 5 heteroatoms. The number of carbonyl (C=O) groups is 2. The monoisotopic (exact) mass is 291 g/mol. The summed E-state index contributed by atoms with van der Waals surface area (Å²) in [5, 5.41) is 18.7. The highest BCUT2D eigenvalue weighted by molar-refractivity contribution is 5.97. The lowest BCUT2D eigenvalue weighted by Gasteiger charge is -2.36. The third kappa shape index (κ3) is 3.74. The second-order valence-corrected chi connectivity index (χ2v) is 5.60. The number of phenolic OH excluding ortho intramolecular Hbond substituents is 1. The highest BCUT2D eigenvalue weighted by Gasteiger charge is 2.29. The minimum Gasteiger partial charge on any atom is -0.507 e. The van der Waals surface area contributed by atoms with Crippen molar-refractivity contribution in [3.8, 4) is 5.75 Å². The zero-order valence-corrected chi connectivity index (χ0v) is 12.2. The summed E-state index contributed by atoms with van der Waals surface area (Å²) in [5.74, 6) is -1.06. The fraction of sp³-hybridized carbons (Fsp3) is 0.500. The van der Waals surface area contributed by atoms with Crippen LogP contribution in [0.15, 0.2) is 18.2 Å². The molecule has 0 bridgehead atoms. The average molecular weight is 291 g/mol. The van der Waals surface area contributed by atoms with Gasteiger partial charge in [0.1, 0.15) is 5.75 Å². The molecule has 1 atom stereocenters. The van der Waals surface area contributed by atoms with Gasteiger partial charge in [-0.05, 0) is 44.7 Å². The number of hydrogen-bond acceptors (Lipinski definition) is 3. The molecule has 2 N–H and O–H groups in total. The van der Waals surface area contributed by atoms with Gasteiger partial charge in [-0.1, -0.05) is 11.6 Å². The molecule has 1 aliphatic heterocycles. The van der Waals surface area contributed by atoms with Gasteiger partial charge in [-0.3, -0.25) is 9.59 Å². The number of likely N-dealkylation sites (tertiary alicyclic amines) is 1. The van der Waals surface area contributed by atoms with Gasteiger partial charge in [0.05, 0.1) is 5.56 Å². The minimum atomic E-state index is -0.841. The first-order valence-corrected chi connectivity index (χ1v) is 7.31. The second kappa shape index (κ2) is 6.61. The smallest absolute Gasteiger partial charge is 0.303 e. The van der Waals surface area contributed by atoms with Gasteiger partial charge >= 0.3 is 5.97 Å². The van der Waals surface area contributed by atoms with Crippen molar-refractivity contribution in [2.24, 2.45) is 0 Å². The first-order valence-electron chi connectivity index (χ1n) is 7.31. The van der Waals surface area contributed by atoms with Crippen molar-refractivity contribution >= 4 is 11.9 Å². The number of benzene rings is 1. The molecule has 1 aromatic rings. The summed E-state index contributed by atoms with van der Waals surface area (Å²) in [6, 6.07) is 4.91. The summed E-state index contributed by atoms with van der Waals surface area (Å²) in [4.78, 5) is 25.1. The number of carboxylic acid groups (broad SMARTS) is 1. The number of carbonyl (C=O) groups excluding carboxylic acids is 1. The van der Waals surface area contributed by atoms with Gasteiger partial charge in [0.15, 0.2) is 0 Å². The Morgan fingerprint density at radius 3 is 2.81 bits per heavy atom. The van der Waals surface area contributed by atoms with Gasteiger partial charge in [-0.2, -0.15) is 0 Å². The van der Waals surface area contributed by atoms with Gasteiger partial charge in [-0.15, -0.1) is 0 Å². The van der Waals surface area contributed by atoms with Crippen LogP contribution < -0.4 is 0 Å². The first-order chi connectivity index (χ1) is 9.99. The molecule has 1 aliphatic rings. The summed E-state index contributed by atoms with van der Waals surface area (Å²) in [6.45, 7) is 2.49. The van der Waals surface area contributed by atoms with Crippen molar-refractivity contribution in [3.63, 3.8) is 0 Å². The molecule has 1 fully saturated rings. The van der Waals surface area contributed by atoms with Crippen molar-refractivity contribution in [2.45, 2.75) is 45.1 Å². The molecule has 1 saturated heterocycles. The Kier molecular flexibility index (Phi) is 4.83. The number of carboxylic acids is 1. The van der Waals surface area contributed by atoms with Gasteiger partial charge < -0.3 is 15.1 Å². The topological polar surface area (TPSA) is 77.8 Å². The van der Waals surface area contributed by atoms with E-state index in [-0.39, 0.29) is 24.1 Å². The zero-order chi connectivity index (χ0) is 15.4. The number of piperidine rings is 1. The first kappa shape index (κ1) is 15.4. The predicted octanol–water partition coefficient (Wildman–Crippen LogP) is 2.56. The van der Waals surface area contributed by atoms with Gasteiger partial charge in [-0.25, -0.2) is 0 Å². The Hall–Kier alpha value is -2.04. The molecule has 0 radical (unpaired) electrons. The molecule has 1 heterocycles. The van der Waals surface area contributed by atoms with Crippen LogP contribution in [0.2, 0.25) is 0 Å². The molecule has 0 aliphatic carbocycles. The summed E-state index contributed by atoms with van der Waals surface area (Å²) in [5.41, 5.74) is 1.22. The molecule has 0 spiro atoms. The maximum atomic E-state index is 12.6. The van der Waals surface area contributed by atoms with E-state index in [0.717, 1.165) is 24.8 Å². The van der Waals surface area contributed by atoms with Crippen molar-refractivity contribution in [1.82, 2.24) is 4.90 Å². The Morgan fingerprint density at radius 1 is 1.33 bits per heavy atom. The lowest BCUT2D eigenvalue weighted by molar-refractivity contribution is -0.137. The van der Waals surface area contributed by atoms with E-state index in [1.165, 1.54) is 6.07 Å². The Morgan fingerprint density at radius 2 is 2.10 bits per heavy atom. The van der Waals surface area contributed by atoms with Gasteiger partial charge in [0.25, 0.3) is 5.91 Å². The number of aromatic hydroxyl groups is 1. The number of rotatable bonds is 4. The van der Waals surface area contributed by atoms with E-state index in [1.54, 1.807) is 17.0 Å². The van der Waals surface area contributed by atoms with Gasteiger partial charge in [0.2, 0.25) is 0 Å². The predicted molar refractivity (Wildman–Crippen MR) is 78.4 cm³/mol. The van der Waals surface area contributed by atoms with Crippen LogP contribution in [-0.4, -0.2) is 39.6 Å². The molecule has 114 valence electrons. The molecule has 5 nitrogen and oxygen atoms in total. The molecule has 1 aromatic carbocycles. The fourth-order valence-corrected chi connectivity index (χ4v) is 2.83. The van der Waals surface area contributed by atoms with Crippen molar-refractivity contribution in [2.75, 3.05) is 6.54 Å². The summed E-state index contributed by atoms with van der Waals surface area (Å²) in [6.07, 6.45) is 3.28. The van der Waals surface area contributed by atoms with Crippen molar-refractivity contribution < 1.29 is 19.8 Å². The lowest BCUT2D eigenvalue weighted by Crippen LogP contribution is -2.44. The Balaban J connectivity index is 2.18. The number of phenols is 1. The highest BCUT2D eigenvalue weighted by atomic mass is 16.4. The number of aryl methyl sites for hydroxylation is 1. The molecule has 1 amide bonds. The second-order valence-electron chi connectivity index (χ2n) is 5.60. The molecule has 1 unspecified atom stereocenters. The molecule has 0 saturated carbocycles. The van der Waals surface area contributed by atoms with E-state index < -0.39 is 5.97 Å². The maximum Gasteiger partial charge on any atom is 0.303 e. The molecule has 21 heavy (non-hydrogen) atoms. The van der Waals surface area contributed by atoms with E-state index in [1.807, 2.05) is 6.92 Å². The standard InChI is InChI=1S/C16H21NO4/c1-11-5-7-14(18)13(10-11)16(21)17-9-3-2-4-12(17)6-8-15(19)20/h5,7,10,12,18H,2-4,6,8-9H2,1H3,(H,19,20). The molecular formula is C16H21NO4. The highest BCUT2D eigenvalue weighted by Crippen LogP contribution is 2.26. The van der Waals surface area contributed by atoms with E-state index in [4.69, 9.17) is 5.11 Å². The largest absolute Gasteiger partial charge is 0.507 e. The maximum absolute atomic E-state index is 12.6. The summed E-state index contributed by atoms with van der Waals surface area (Å²) >= 11 is 0. The minimum absolute atomic E-state index is 0.0202. The third-order valence-electron chi connectivity index (χ3n) is 3.96. The van der Waals surface area contributed by atoms with E-state index in [0.29, 0.717) is 18.5 Å². The van der Waals surface area contributed by atoms with Crippen LogP contribution >= 0.6 is 0 Å². The molecule has 0 aromatic heterocycles. The van der Waals surface area contributed by atoms with Crippen LogP contribution in [0.5, 0.6) is 5.75 Å². The van der Waals surface area contributed by atoms with Gasteiger partial charge in [0, 0.05) is 19.0 Å². The van der Waals surface area contributed by atoms with Crippen LogP contribution in [0, 0.1) is 6.92 Å². The van der Waals surface area contributed by atoms with Crippen LogP contribution in [0.1, 0.15) is 48.0 Å². The van der Waals surface area contributed by atoms with Crippen LogP contribution in [0.3, 0.4) is 0 Å². The number of hydrogen-bond donors (Lipinski definition) is 2. The molecule has 2 rings (SSSR count). The summed E-state index contributed by atoms with van der Waals surface area (Å²) < 4.78 is 0. The number of aliphatic carboxylic acids is 1. The fourth-order valence-electron chi connectivity index (χ4n) is 2.83. The summed E-state index contributed by atoms with van der Waals surface area (Å²) in [7, 11) is 0. The molecular weight excluding hydrogens is 270 g/mol. The normalized spacial score (nSPS) is 18.5. The van der Waals surface area contributed by atoms with E-state index in [9.17, 15) is 14.7 Å². The SMILES string of the molecule is Cc1ccc(O)c(C(=O)N2CCCCC2CCC(=O)O)c1. The third-order valence-corrected chi connectivity index (χ3v) is 3.96. The van der Waals surface area contributed by atoms with E-state index >= 15 is 0 Å². The van der Waals surface area contributed by atoms with Crippen LogP contribution in [0.25, 0.3) is 0 Å². The van der Waals surface area contributed by atoms with Crippen LogP contribution in [-0.2, 0) is 4.79 Å². The average Bonchev–Trinajstić information content (AvgIpc) is 2.47. The Bertz CT molecular complexity index is 541. The Labute approximate surface area is 124 Å².